The largest absolute Gasteiger partial charge is 0.328 e. The van der Waals surface area contributed by atoms with Crippen LogP contribution in [0.3, 0.4) is 0 Å². The fraction of sp³-hybridized carbons (Fsp3) is 0.364. The fourth-order valence-electron chi connectivity index (χ4n) is 1.93. The number of hydrogen-bond acceptors (Lipinski definition) is 3. The smallest absolute Gasteiger partial charge is 0.276 e. The van der Waals surface area contributed by atoms with Crippen molar-refractivity contribution in [2.45, 2.75) is 18.9 Å². The molecule has 18 heavy (non-hydrogen) atoms. The molecule has 0 atom stereocenters. The Balaban J connectivity index is 1.94. The van der Waals surface area contributed by atoms with E-state index in [0.29, 0.717) is 21.5 Å². The van der Waals surface area contributed by atoms with Crippen molar-refractivity contribution in [2.75, 3.05) is 0 Å². The number of carbonyl (C=O) groups is 1. The molecule has 1 saturated carbocycles. The lowest BCUT2D eigenvalue weighted by Crippen LogP contribution is -2.32. The number of thiocarbonyl (C=S) groups is 1. The van der Waals surface area contributed by atoms with Crippen LogP contribution in [-0.4, -0.2) is 31.7 Å². The second kappa shape index (κ2) is 4.07. The third-order valence-electron chi connectivity index (χ3n) is 3.04. The van der Waals surface area contributed by atoms with Gasteiger partial charge in [-0.1, -0.05) is 11.6 Å². The second-order valence-electron chi connectivity index (χ2n) is 4.40. The van der Waals surface area contributed by atoms with Gasteiger partial charge >= 0.3 is 0 Å². The highest BCUT2D eigenvalue weighted by Crippen LogP contribution is 2.31. The summed E-state index contributed by atoms with van der Waals surface area (Å²) in [5.41, 5.74) is 1.14. The molecular formula is C11H11ClN4OS. The van der Waals surface area contributed by atoms with Gasteiger partial charge in [0.1, 0.15) is 5.70 Å². The van der Waals surface area contributed by atoms with Gasteiger partial charge in [0.15, 0.2) is 5.11 Å². The van der Waals surface area contributed by atoms with E-state index < -0.39 is 0 Å². The normalized spacial score (nSPS) is 21.9. The van der Waals surface area contributed by atoms with Crippen LogP contribution in [0.1, 0.15) is 18.5 Å². The Labute approximate surface area is 114 Å². The molecule has 0 radical (unpaired) electrons. The predicted octanol–water partition coefficient (Wildman–Crippen LogP) is 1.29. The van der Waals surface area contributed by atoms with E-state index in [1.807, 2.05) is 0 Å². The van der Waals surface area contributed by atoms with Crippen molar-refractivity contribution in [3.05, 3.63) is 22.6 Å². The van der Waals surface area contributed by atoms with Crippen LogP contribution in [0.15, 0.2) is 11.9 Å². The summed E-state index contributed by atoms with van der Waals surface area (Å²) in [7, 11) is 1.77. The van der Waals surface area contributed by atoms with E-state index in [1.54, 1.807) is 28.9 Å². The lowest BCUT2D eigenvalue weighted by atomic mass is 10.3. The van der Waals surface area contributed by atoms with Crippen molar-refractivity contribution < 1.29 is 4.79 Å². The third kappa shape index (κ3) is 1.81. The molecule has 1 amide bonds. The number of amides is 1. The molecule has 0 unspecified atom stereocenters. The van der Waals surface area contributed by atoms with Crippen LogP contribution in [0, 0.1) is 0 Å². The molecule has 2 fully saturated rings. The first kappa shape index (κ1) is 11.7. The molecule has 1 aromatic rings. The molecule has 1 saturated heterocycles. The number of nitrogens with zero attached hydrogens (tertiary/aromatic N) is 3. The zero-order chi connectivity index (χ0) is 12.9. The number of rotatable bonds is 2. The van der Waals surface area contributed by atoms with Crippen molar-refractivity contribution in [3.63, 3.8) is 0 Å². The molecule has 7 heteroatoms. The maximum absolute atomic E-state index is 12.2. The highest BCUT2D eigenvalue weighted by atomic mass is 35.5. The molecular weight excluding hydrogens is 272 g/mol. The summed E-state index contributed by atoms with van der Waals surface area (Å²) in [6.45, 7) is 0. The van der Waals surface area contributed by atoms with Gasteiger partial charge in [0.25, 0.3) is 5.91 Å². The Morgan fingerprint density at radius 3 is 2.89 bits per heavy atom. The lowest BCUT2D eigenvalue weighted by Gasteiger charge is -2.11. The predicted molar refractivity (Wildman–Crippen MR) is 71.8 cm³/mol. The van der Waals surface area contributed by atoms with Gasteiger partial charge < -0.3 is 5.32 Å². The summed E-state index contributed by atoms with van der Waals surface area (Å²) in [6, 6.07) is 0.269. The lowest BCUT2D eigenvalue weighted by molar-refractivity contribution is -0.122. The topological polar surface area (TPSA) is 50.2 Å². The first-order valence-corrected chi connectivity index (χ1v) is 6.40. The van der Waals surface area contributed by atoms with Crippen LogP contribution in [-0.2, 0) is 11.8 Å². The molecule has 0 bridgehead atoms. The number of carbonyl (C=O) groups excluding carboxylic acids is 1. The minimum Gasteiger partial charge on any atom is -0.328 e. The first-order chi connectivity index (χ1) is 8.58. The Morgan fingerprint density at radius 2 is 2.33 bits per heavy atom. The number of halogens is 1. The molecule has 94 valence electrons. The SMILES string of the molecule is Cn1ncc(Cl)c1/C=C1/NC(=S)N(C2CC2)C1=O. The average Bonchev–Trinajstić information content (AvgIpc) is 3.05. The van der Waals surface area contributed by atoms with E-state index >= 15 is 0 Å². The van der Waals surface area contributed by atoms with Crippen molar-refractivity contribution in [3.8, 4) is 0 Å². The first-order valence-electron chi connectivity index (χ1n) is 5.61. The van der Waals surface area contributed by atoms with E-state index in [0.717, 1.165) is 12.8 Å². The maximum Gasteiger partial charge on any atom is 0.276 e. The van der Waals surface area contributed by atoms with E-state index in [1.165, 1.54) is 0 Å². The summed E-state index contributed by atoms with van der Waals surface area (Å²) in [4.78, 5) is 13.8. The number of hydrogen-bond donors (Lipinski definition) is 1. The van der Waals surface area contributed by atoms with Gasteiger partial charge in [0.05, 0.1) is 16.9 Å². The zero-order valence-corrected chi connectivity index (χ0v) is 11.3. The minimum atomic E-state index is -0.0835. The Morgan fingerprint density at radius 1 is 1.61 bits per heavy atom. The van der Waals surface area contributed by atoms with Crippen LogP contribution < -0.4 is 5.32 Å². The quantitative estimate of drug-likeness (QED) is 0.656. The van der Waals surface area contributed by atoms with E-state index in [2.05, 4.69) is 10.4 Å². The molecule has 0 spiro atoms. The zero-order valence-electron chi connectivity index (χ0n) is 9.68. The van der Waals surface area contributed by atoms with Crippen molar-refractivity contribution in [1.82, 2.24) is 20.0 Å². The molecule has 1 N–H and O–H groups in total. The summed E-state index contributed by atoms with van der Waals surface area (Å²) < 4.78 is 1.62. The summed E-state index contributed by atoms with van der Waals surface area (Å²) in [5.74, 6) is -0.0835. The van der Waals surface area contributed by atoms with Crippen LogP contribution in [0.5, 0.6) is 0 Å². The number of aromatic nitrogens is 2. The fourth-order valence-corrected chi connectivity index (χ4v) is 2.49. The van der Waals surface area contributed by atoms with Gasteiger partial charge in [0.2, 0.25) is 0 Å². The third-order valence-corrected chi connectivity index (χ3v) is 3.63. The van der Waals surface area contributed by atoms with Crippen molar-refractivity contribution >= 4 is 40.9 Å². The van der Waals surface area contributed by atoms with E-state index in [-0.39, 0.29) is 11.9 Å². The molecule has 0 aromatic carbocycles. The Bertz CT molecular complexity index is 556. The maximum atomic E-state index is 12.2. The second-order valence-corrected chi connectivity index (χ2v) is 5.19. The Kier molecular flexibility index (Phi) is 2.64. The van der Waals surface area contributed by atoms with Gasteiger partial charge in [-0.15, -0.1) is 0 Å². The van der Waals surface area contributed by atoms with Gasteiger partial charge in [-0.05, 0) is 31.1 Å². The van der Waals surface area contributed by atoms with Gasteiger partial charge in [-0.25, -0.2) is 0 Å². The van der Waals surface area contributed by atoms with Crippen molar-refractivity contribution in [1.29, 1.82) is 0 Å². The number of nitrogens with one attached hydrogen (secondary N) is 1. The molecule has 1 aliphatic carbocycles. The van der Waals surface area contributed by atoms with Gasteiger partial charge in [-0.2, -0.15) is 5.10 Å². The number of aryl methyl sites for hydroxylation is 1. The highest BCUT2D eigenvalue weighted by Gasteiger charge is 2.41. The summed E-state index contributed by atoms with van der Waals surface area (Å²) in [6.07, 6.45) is 5.28. The monoisotopic (exact) mass is 282 g/mol. The van der Waals surface area contributed by atoms with Crippen LogP contribution >= 0.6 is 23.8 Å². The molecule has 1 aliphatic heterocycles. The molecule has 2 aliphatic rings. The molecule has 5 nitrogen and oxygen atoms in total. The van der Waals surface area contributed by atoms with Crippen molar-refractivity contribution in [2.24, 2.45) is 7.05 Å². The van der Waals surface area contributed by atoms with Crippen LogP contribution in [0.25, 0.3) is 6.08 Å². The van der Waals surface area contributed by atoms with E-state index in [4.69, 9.17) is 23.8 Å². The molecule has 2 heterocycles. The summed E-state index contributed by atoms with van der Waals surface area (Å²) >= 11 is 11.2. The van der Waals surface area contributed by atoms with Gasteiger partial charge in [-0.3, -0.25) is 14.4 Å². The molecule has 3 rings (SSSR count). The van der Waals surface area contributed by atoms with E-state index in [9.17, 15) is 4.79 Å². The minimum absolute atomic E-state index is 0.0835. The Hall–Kier alpha value is -1.40. The average molecular weight is 283 g/mol. The molecule has 1 aromatic heterocycles. The standard InChI is InChI=1S/C11H11ClN4OS/c1-15-9(7(12)5-13-15)4-8-10(17)16(6-2-3-6)11(18)14-8/h4-6H,2-3H2,1H3,(H,14,18)/b8-4+. The van der Waals surface area contributed by atoms with Gasteiger partial charge in [0, 0.05) is 13.1 Å². The summed E-state index contributed by atoms with van der Waals surface area (Å²) in [5, 5.41) is 7.95. The highest BCUT2D eigenvalue weighted by molar-refractivity contribution is 7.80. The van der Waals surface area contributed by atoms with Crippen LogP contribution in [0.4, 0.5) is 0 Å². The van der Waals surface area contributed by atoms with Crippen LogP contribution in [0.2, 0.25) is 5.02 Å².